The van der Waals surface area contributed by atoms with E-state index in [1.54, 1.807) is 10.9 Å². The van der Waals surface area contributed by atoms with Crippen molar-refractivity contribution in [1.29, 1.82) is 0 Å². The van der Waals surface area contributed by atoms with E-state index in [2.05, 4.69) is 47.0 Å². The maximum Gasteiger partial charge on any atom is 0.257 e. The van der Waals surface area contributed by atoms with Crippen molar-refractivity contribution in [2.75, 3.05) is 26.2 Å². The van der Waals surface area contributed by atoms with Gasteiger partial charge in [-0.25, -0.2) is 14.6 Å². The lowest BCUT2D eigenvalue weighted by Crippen LogP contribution is -2.50. The van der Waals surface area contributed by atoms with Gasteiger partial charge >= 0.3 is 0 Å². The van der Waals surface area contributed by atoms with Crippen molar-refractivity contribution in [1.82, 2.24) is 29.5 Å². The number of benzene rings is 1. The Morgan fingerprint density at radius 2 is 1.74 bits per heavy atom. The summed E-state index contributed by atoms with van der Waals surface area (Å²) in [5, 5.41) is 4.48. The molecule has 3 aromatic rings. The highest BCUT2D eigenvalue weighted by atomic mass is 16.2. The Balaban J connectivity index is 1.42. The van der Waals surface area contributed by atoms with Crippen molar-refractivity contribution in [2.45, 2.75) is 39.7 Å². The first-order valence-electron chi connectivity index (χ1n) is 11.1. The van der Waals surface area contributed by atoms with Crippen LogP contribution in [0.1, 0.15) is 41.0 Å². The summed E-state index contributed by atoms with van der Waals surface area (Å²) in [4.78, 5) is 26.9. The second-order valence-electron chi connectivity index (χ2n) is 8.68. The van der Waals surface area contributed by atoms with Gasteiger partial charge in [0, 0.05) is 44.0 Å². The fraction of sp³-hybridized carbons (Fsp3) is 0.417. The molecule has 0 saturated carbocycles. The van der Waals surface area contributed by atoms with Crippen molar-refractivity contribution >= 4 is 5.91 Å². The predicted molar refractivity (Wildman–Crippen MR) is 119 cm³/mol. The molecule has 0 N–H and O–H groups in total. The molecule has 1 saturated heterocycles. The van der Waals surface area contributed by atoms with Gasteiger partial charge < -0.3 is 4.90 Å². The van der Waals surface area contributed by atoms with E-state index in [0.717, 1.165) is 61.5 Å². The molecule has 0 unspecified atom stereocenters. The summed E-state index contributed by atoms with van der Waals surface area (Å²) in [6.07, 6.45) is 5.51. The zero-order valence-electron chi connectivity index (χ0n) is 18.4. The highest BCUT2D eigenvalue weighted by Crippen LogP contribution is 2.31. The van der Waals surface area contributed by atoms with Crippen LogP contribution in [0.15, 0.2) is 36.7 Å². The lowest BCUT2D eigenvalue weighted by Gasteiger charge is -2.36. The third-order valence-electron chi connectivity index (χ3n) is 6.55. The number of aryl methyl sites for hydroxylation is 2. The van der Waals surface area contributed by atoms with E-state index in [4.69, 9.17) is 4.98 Å². The average Bonchev–Trinajstić information content (AvgIpc) is 3.19. The number of carbonyl (C=O) groups is 1. The normalized spacial score (nSPS) is 16.3. The van der Waals surface area contributed by atoms with E-state index >= 15 is 0 Å². The third kappa shape index (κ3) is 3.53. The molecule has 5 rings (SSSR count). The largest absolute Gasteiger partial charge is 0.336 e. The average molecular weight is 417 g/mol. The van der Waals surface area contributed by atoms with Gasteiger partial charge in [0.05, 0.1) is 23.1 Å². The highest BCUT2D eigenvalue weighted by molar-refractivity contribution is 5.95. The Bertz CT molecular complexity index is 1130. The summed E-state index contributed by atoms with van der Waals surface area (Å²) in [7, 11) is 0. The van der Waals surface area contributed by atoms with Gasteiger partial charge in [-0.15, -0.1) is 0 Å². The van der Waals surface area contributed by atoms with Crippen LogP contribution in [0.25, 0.3) is 17.2 Å². The van der Waals surface area contributed by atoms with Crippen molar-refractivity contribution in [3.63, 3.8) is 0 Å². The Labute approximate surface area is 182 Å². The molecule has 0 bridgehead atoms. The SMILES string of the molecule is Cc1c(C(=O)N2CCN(C(C)C)CC2)cnn1-c1ncc2c(n1)-c1ccccc1CC2. The van der Waals surface area contributed by atoms with Crippen LogP contribution in [-0.2, 0) is 12.8 Å². The number of amides is 1. The summed E-state index contributed by atoms with van der Waals surface area (Å²) >= 11 is 0. The molecular formula is C24H28N6O. The number of hydrogen-bond donors (Lipinski definition) is 0. The quantitative estimate of drug-likeness (QED) is 0.657. The molecule has 0 radical (unpaired) electrons. The van der Waals surface area contributed by atoms with Crippen LogP contribution < -0.4 is 0 Å². The van der Waals surface area contributed by atoms with Crippen LogP contribution in [0.2, 0.25) is 0 Å². The summed E-state index contributed by atoms with van der Waals surface area (Å²) in [5.74, 6) is 0.548. The van der Waals surface area contributed by atoms with Crippen molar-refractivity contribution in [3.8, 4) is 17.2 Å². The zero-order valence-corrected chi connectivity index (χ0v) is 18.4. The minimum absolute atomic E-state index is 0.0375. The van der Waals surface area contributed by atoms with Gasteiger partial charge in [0.1, 0.15) is 0 Å². The van der Waals surface area contributed by atoms with Gasteiger partial charge in [-0.1, -0.05) is 24.3 Å². The first kappa shape index (κ1) is 19.9. The third-order valence-corrected chi connectivity index (χ3v) is 6.55. The number of piperazine rings is 1. The van der Waals surface area contributed by atoms with Crippen LogP contribution in [0.3, 0.4) is 0 Å². The van der Waals surface area contributed by atoms with Crippen molar-refractivity contribution in [3.05, 3.63) is 59.0 Å². The first-order chi connectivity index (χ1) is 15.0. The first-order valence-corrected chi connectivity index (χ1v) is 11.1. The van der Waals surface area contributed by atoms with Crippen LogP contribution in [0.5, 0.6) is 0 Å². The van der Waals surface area contributed by atoms with E-state index in [1.807, 2.05) is 24.1 Å². The minimum Gasteiger partial charge on any atom is -0.336 e. The molecule has 7 nitrogen and oxygen atoms in total. The van der Waals surface area contributed by atoms with Crippen molar-refractivity contribution < 1.29 is 4.79 Å². The van der Waals surface area contributed by atoms with Gasteiger partial charge in [0.2, 0.25) is 0 Å². The van der Waals surface area contributed by atoms with E-state index in [-0.39, 0.29) is 5.91 Å². The molecule has 160 valence electrons. The van der Waals surface area contributed by atoms with E-state index < -0.39 is 0 Å². The molecule has 31 heavy (non-hydrogen) atoms. The van der Waals surface area contributed by atoms with E-state index in [0.29, 0.717) is 17.6 Å². The molecule has 1 aliphatic carbocycles. The van der Waals surface area contributed by atoms with Gasteiger partial charge in [0.25, 0.3) is 11.9 Å². The lowest BCUT2D eigenvalue weighted by atomic mass is 9.90. The van der Waals surface area contributed by atoms with Gasteiger partial charge in [-0.05, 0) is 44.7 Å². The molecule has 1 amide bonds. The minimum atomic E-state index is 0.0375. The molecule has 1 aromatic carbocycles. The summed E-state index contributed by atoms with van der Waals surface area (Å²) < 4.78 is 1.69. The smallest absolute Gasteiger partial charge is 0.257 e. The van der Waals surface area contributed by atoms with E-state index in [9.17, 15) is 4.79 Å². The summed E-state index contributed by atoms with van der Waals surface area (Å²) in [5.41, 5.74) is 6.01. The molecule has 2 aromatic heterocycles. The van der Waals surface area contributed by atoms with Crippen LogP contribution >= 0.6 is 0 Å². The Kier molecular flexibility index (Phi) is 5.06. The molecule has 0 spiro atoms. The molecule has 1 aliphatic heterocycles. The fourth-order valence-electron chi connectivity index (χ4n) is 4.59. The maximum atomic E-state index is 13.2. The molecule has 0 atom stereocenters. The topological polar surface area (TPSA) is 67.2 Å². The van der Waals surface area contributed by atoms with E-state index in [1.165, 1.54) is 5.56 Å². The number of nitrogens with zero attached hydrogens (tertiary/aromatic N) is 6. The molecule has 7 heteroatoms. The highest BCUT2D eigenvalue weighted by Gasteiger charge is 2.27. The number of rotatable bonds is 3. The standard InChI is InChI=1S/C24H28N6O/c1-16(2)28-10-12-29(13-11-28)23(31)21-15-26-30(17(21)3)24-25-14-19-9-8-18-6-4-5-7-20(18)22(19)27-24/h4-7,14-16H,8-13H2,1-3H3. The Hall–Kier alpha value is -3.06. The molecule has 3 heterocycles. The zero-order chi connectivity index (χ0) is 21.5. The second-order valence-corrected chi connectivity index (χ2v) is 8.68. The maximum absolute atomic E-state index is 13.2. The molecule has 2 aliphatic rings. The number of hydrogen-bond acceptors (Lipinski definition) is 5. The lowest BCUT2D eigenvalue weighted by molar-refractivity contribution is 0.0595. The monoisotopic (exact) mass is 416 g/mol. The summed E-state index contributed by atoms with van der Waals surface area (Å²) in [6, 6.07) is 8.90. The predicted octanol–water partition coefficient (Wildman–Crippen LogP) is 2.90. The van der Waals surface area contributed by atoms with Crippen LogP contribution in [0, 0.1) is 6.92 Å². The van der Waals surface area contributed by atoms with Crippen LogP contribution in [-0.4, -0.2) is 67.7 Å². The molecular weight excluding hydrogens is 388 g/mol. The number of aromatic nitrogens is 4. The number of fused-ring (bicyclic) bond motifs is 3. The van der Waals surface area contributed by atoms with Crippen LogP contribution in [0.4, 0.5) is 0 Å². The van der Waals surface area contributed by atoms with Gasteiger partial charge in [-0.3, -0.25) is 9.69 Å². The second kappa shape index (κ2) is 7.89. The van der Waals surface area contributed by atoms with Crippen molar-refractivity contribution in [2.24, 2.45) is 0 Å². The number of carbonyl (C=O) groups excluding carboxylic acids is 1. The van der Waals surface area contributed by atoms with Gasteiger partial charge in [-0.2, -0.15) is 5.10 Å². The summed E-state index contributed by atoms with van der Waals surface area (Å²) in [6.45, 7) is 9.61. The van der Waals surface area contributed by atoms with Gasteiger partial charge in [0.15, 0.2) is 0 Å². The fourth-order valence-corrected chi connectivity index (χ4v) is 4.59. The Morgan fingerprint density at radius 3 is 2.52 bits per heavy atom. The Morgan fingerprint density at radius 1 is 1.00 bits per heavy atom. The molecule has 1 fully saturated rings.